The molecule has 2 rings (SSSR count). The van der Waals surface area contributed by atoms with Gasteiger partial charge in [-0.2, -0.15) is 0 Å². The van der Waals surface area contributed by atoms with E-state index in [0.29, 0.717) is 12.1 Å². The van der Waals surface area contributed by atoms with Gasteiger partial charge in [-0.3, -0.25) is 0 Å². The predicted octanol–water partition coefficient (Wildman–Crippen LogP) is 2.47. The van der Waals surface area contributed by atoms with E-state index < -0.39 is 0 Å². The largest absolute Gasteiger partial charge is 0.330 e. The van der Waals surface area contributed by atoms with Gasteiger partial charge in [-0.1, -0.05) is 23.7 Å². The number of benzene rings is 1. The van der Waals surface area contributed by atoms with Crippen molar-refractivity contribution in [2.75, 3.05) is 6.54 Å². The minimum Gasteiger partial charge on any atom is -0.330 e. The topological polar surface area (TPSA) is 26.0 Å². The van der Waals surface area contributed by atoms with Crippen LogP contribution >= 0.6 is 11.6 Å². The van der Waals surface area contributed by atoms with Crippen LogP contribution in [-0.2, 0) is 5.41 Å². The van der Waals surface area contributed by atoms with Crippen LogP contribution in [0.5, 0.6) is 0 Å². The number of hydrogen-bond acceptors (Lipinski definition) is 1. The van der Waals surface area contributed by atoms with Crippen molar-refractivity contribution >= 4 is 11.6 Å². The van der Waals surface area contributed by atoms with Crippen LogP contribution in [0.3, 0.4) is 0 Å². The Hall–Kier alpha value is -0.600. The summed E-state index contributed by atoms with van der Waals surface area (Å²) in [5.74, 6) is -0.299. The van der Waals surface area contributed by atoms with Crippen LogP contribution in [0.4, 0.5) is 4.39 Å². The lowest BCUT2D eigenvalue weighted by atomic mass is 9.96. The van der Waals surface area contributed by atoms with Gasteiger partial charge in [0.1, 0.15) is 5.82 Å². The summed E-state index contributed by atoms with van der Waals surface area (Å²) in [5, 5.41) is 0.192. The number of rotatable bonds is 2. The molecule has 1 aromatic rings. The normalized spacial score (nSPS) is 18.7. The van der Waals surface area contributed by atoms with Crippen molar-refractivity contribution in [2.24, 2.45) is 5.73 Å². The monoisotopic (exact) mass is 199 g/mol. The highest BCUT2D eigenvalue weighted by Crippen LogP contribution is 2.48. The molecule has 1 aliphatic carbocycles. The second-order valence-corrected chi connectivity index (χ2v) is 3.99. The third-order valence-corrected chi connectivity index (χ3v) is 3.06. The lowest BCUT2D eigenvalue weighted by Gasteiger charge is -2.13. The summed E-state index contributed by atoms with van der Waals surface area (Å²) in [6.45, 7) is 0.504. The zero-order valence-electron chi connectivity index (χ0n) is 7.19. The van der Waals surface area contributed by atoms with Crippen LogP contribution in [-0.4, -0.2) is 6.54 Å². The maximum atomic E-state index is 13.5. The third-order valence-electron chi connectivity index (χ3n) is 2.77. The lowest BCUT2D eigenvalue weighted by molar-refractivity contribution is 0.573. The van der Waals surface area contributed by atoms with Gasteiger partial charge in [-0.15, -0.1) is 0 Å². The molecule has 0 amide bonds. The first-order valence-corrected chi connectivity index (χ1v) is 4.72. The first-order valence-electron chi connectivity index (χ1n) is 4.34. The van der Waals surface area contributed by atoms with Crippen molar-refractivity contribution < 1.29 is 4.39 Å². The molecule has 0 aliphatic heterocycles. The van der Waals surface area contributed by atoms with Crippen molar-refractivity contribution in [3.8, 4) is 0 Å². The second kappa shape index (κ2) is 2.96. The number of hydrogen-bond donors (Lipinski definition) is 1. The van der Waals surface area contributed by atoms with Crippen LogP contribution < -0.4 is 5.73 Å². The highest BCUT2D eigenvalue weighted by atomic mass is 35.5. The molecule has 1 aromatic carbocycles. The highest BCUT2D eigenvalue weighted by Gasteiger charge is 2.44. The fourth-order valence-corrected chi connectivity index (χ4v) is 1.82. The number of nitrogens with two attached hydrogens (primary N) is 1. The quantitative estimate of drug-likeness (QED) is 0.778. The zero-order valence-corrected chi connectivity index (χ0v) is 7.94. The van der Waals surface area contributed by atoms with E-state index in [0.717, 1.165) is 12.8 Å². The summed E-state index contributed by atoms with van der Waals surface area (Å²) in [6.07, 6.45) is 1.95. The van der Waals surface area contributed by atoms with Crippen LogP contribution in [0.1, 0.15) is 18.4 Å². The Labute approximate surface area is 81.7 Å². The Balaban J connectivity index is 2.46. The van der Waals surface area contributed by atoms with Crippen LogP contribution in [0.2, 0.25) is 5.02 Å². The molecule has 1 aliphatic rings. The van der Waals surface area contributed by atoms with E-state index in [1.54, 1.807) is 18.2 Å². The minimum absolute atomic E-state index is 0.116. The molecule has 3 heteroatoms. The van der Waals surface area contributed by atoms with E-state index in [4.69, 9.17) is 17.3 Å². The average molecular weight is 200 g/mol. The summed E-state index contributed by atoms with van der Waals surface area (Å²) in [4.78, 5) is 0. The van der Waals surface area contributed by atoms with E-state index in [9.17, 15) is 4.39 Å². The summed E-state index contributed by atoms with van der Waals surface area (Å²) >= 11 is 5.69. The molecule has 0 aromatic heterocycles. The van der Waals surface area contributed by atoms with E-state index in [-0.39, 0.29) is 16.3 Å². The van der Waals surface area contributed by atoms with Crippen LogP contribution in [0.15, 0.2) is 18.2 Å². The Bertz CT molecular complexity index is 334. The second-order valence-electron chi connectivity index (χ2n) is 3.59. The SMILES string of the molecule is NCC1(c2cccc(Cl)c2F)CC1. The van der Waals surface area contributed by atoms with Crippen molar-refractivity contribution in [1.82, 2.24) is 0 Å². The summed E-state index contributed by atoms with van der Waals surface area (Å²) < 4.78 is 13.5. The van der Waals surface area contributed by atoms with Crippen LogP contribution in [0, 0.1) is 5.82 Å². The zero-order chi connectivity index (χ0) is 9.47. The maximum absolute atomic E-state index is 13.5. The Morgan fingerprint density at radius 2 is 2.15 bits per heavy atom. The molecule has 0 saturated heterocycles. The average Bonchev–Trinajstić information content (AvgIpc) is 2.90. The molecule has 1 saturated carbocycles. The molecule has 0 heterocycles. The smallest absolute Gasteiger partial charge is 0.145 e. The molecule has 70 valence electrons. The minimum atomic E-state index is -0.299. The van der Waals surface area contributed by atoms with Gasteiger partial charge in [-0.05, 0) is 24.5 Å². The lowest BCUT2D eigenvalue weighted by Crippen LogP contribution is -2.21. The van der Waals surface area contributed by atoms with Gasteiger partial charge in [0.2, 0.25) is 0 Å². The van der Waals surface area contributed by atoms with Gasteiger partial charge < -0.3 is 5.73 Å². The third kappa shape index (κ3) is 1.34. The van der Waals surface area contributed by atoms with E-state index >= 15 is 0 Å². The highest BCUT2D eigenvalue weighted by molar-refractivity contribution is 6.30. The fourth-order valence-electron chi connectivity index (χ4n) is 1.65. The molecule has 1 fully saturated rings. The number of halogens is 2. The molecule has 0 spiro atoms. The van der Waals surface area contributed by atoms with Gasteiger partial charge in [0.25, 0.3) is 0 Å². The molecule has 0 unspecified atom stereocenters. The van der Waals surface area contributed by atoms with E-state index in [1.165, 1.54) is 0 Å². The molecule has 0 bridgehead atoms. The summed E-state index contributed by atoms with van der Waals surface area (Å²) in [5.41, 5.74) is 6.18. The van der Waals surface area contributed by atoms with Crippen molar-refractivity contribution in [1.29, 1.82) is 0 Å². The molecule has 2 N–H and O–H groups in total. The van der Waals surface area contributed by atoms with Crippen molar-refractivity contribution in [3.63, 3.8) is 0 Å². The molecular weight excluding hydrogens is 189 g/mol. The standard InChI is InChI=1S/C10H11ClFN/c11-8-3-1-2-7(9(8)12)10(6-13)4-5-10/h1-3H,4-6,13H2. The van der Waals surface area contributed by atoms with E-state index in [1.807, 2.05) is 0 Å². The molecule has 1 nitrogen and oxygen atoms in total. The molecule has 0 atom stereocenters. The molecule has 13 heavy (non-hydrogen) atoms. The Morgan fingerprint density at radius 3 is 2.69 bits per heavy atom. The van der Waals surface area contributed by atoms with Gasteiger partial charge in [0.05, 0.1) is 5.02 Å². The van der Waals surface area contributed by atoms with Crippen molar-refractivity contribution in [3.05, 3.63) is 34.6 Å². The van der Waals surface area contributed by atoms with E-state index in [2.05, 4.69) is 0 Å². The Morgan fingerprint density at radius 1 is 1.46 bits per heavy atom. The van der Waals surface area contributed by atoms with Gasteiger partial charge in [0.15, 0.2) is 0 Å². The summed E-state index contributed by atoms with van der Waals surface area (Å²) in [6, 6.07) is 5.12. The predicted molar refractivity (Wildman–Crippen MR) is 51.4 cm³/mol. The van der Waals surface area contributed by atoms with Gasteiger partial charge in [0, 0.05) is 12.0 Å². The summed E-state index contributed by atoms with van der Waals surface area (Å²) in [7, 11) is 0. The first-order chi connectivity index (χ1) is 6.19. The molecule has 0 radical (unpaired) electrons. The maximum Gasteiger partial charge on any atom is 0.145 e. The fraction of sp³-hybridized carbons (Fsp3) is 0.400. The van der Waals surface area contributed by atoms with Crippen LogP contribution in [0.25, 0.3) is 0 Å². The molecular formula is C10H11ClFN. The van der Waals surface area contributed by atoms with Crippen molar-refractivity contribution in [2.45, 2.75) is 18.3 Å². The van der Waals surface area contributed by atoms with Gasteiger partial charge in [-0.25, -0.2) is 4.39 Å². The first kappa shape index (κ1) is 8.97. The Kier molecular flexibility index (Phi) is 2.05. The van der Waals surface area contributed by atoms with Gasteiger partial charge >= 0.3 is 0 Å².